The maximum Gasteiger partial charge on any atom is 0.224 e. The lowest BCUT2D eigenvalue weighted by atomic mass is 10.1. The van der Waals surface area contributed by atoms with Crippen LogP contribution in [0.3, 0.4) is 0 Å². The maximum atomic E-state index is 11.3. The van der Waals surface area contributed by atoms with Gasteiger partial charge in [0.25, 0.3) is 0 Å². The smallest absolute Gasteiger partial charge is 0.224 e. The van der Waals surface area contributed by atoms with Gasteiger partial charge in [-0.2, -0.15) is 0 Å². The van der Waals surface area contributed by atoms with Crippen LogP contribution in [0.5, 0.6) is 5.75 Å². The number of aromatic hydroxyl groups is 1. The van der Waals surface area contributed by atoms with E-state index in [1.165, 1.54) is 0 Å². The molecule has 0 bridgehead atoms. The zero-order valence-corrected chi connectivity index (χ0v) is 9.03. The van der Waals surface area contributed by atoms with E-state index in [4.69, 9.17) is 0 Å². The monoisotopic (exact) mass is 215 g/mol. The second-order valence-corrected chi connectivity index (χ2v) is 3.61. The first-order valence-corrected chi connectivity index (χ1v) is 5.22. The lowest BCUT2D eigenvalue weighted by molar-refractivity contribution is -0.115. The van der Waals surface area contributed by atoms with Crippen molar-refractivity contribution in [3.63, 3.8) is 0 Å². The topological polar surface area (TPSA) is 49.3 Å². The molecule has 0 spiro atoms. The van der Waals surface area contributed by atoms with Crippen molar-refractivity contribution in [1.82, 2.24) is 0 Å². The largest absolute Gasteiger partial charge is 0.508 e. The molecule has 0 heterocycles. The highest BCUT2D eigenvalue weighted by Gasteiger charge is 2.04. The fraction of sp³-hybridized carbons (Fsp3) is 0.154. The summed E-state index contributed by atoms with van der Waals surface area (Å²) in [5, 5.41) is 14.0. The van der Waals surface area contributed by atoms with Gasteiger partial charge in [-0.15, -0.1) is 0 Å². The molecule has 0 saturated carbocycles. The quantitative estimate of drug-likeness (QED) is 0.809. The average molecular weight is 215 g/mol. The molecule has 2 rings (SSSR count). The van der Waals surface area contributed by atoms with Crippen LogP contribution in [-0.4, -0.2) is 11.0 Å². The van der Waals surface area contributed by atoms with Gasteiger partial charge in [0.15, 0.2) is 0 Å². The predicted molar refractivity (Wildman–Crippen MR) is 64.5 cm³/mol. The molecule has 0 aromatic heterocycles. The van der Waals surface area contributed by atoms with Crippen LogP contribution in [-0.2, 0) is 4.79 Å². The standard InChI is InChI=1S/C13H13NO2/c1-2-13(16)14-12-5-3-4-9-8-10(15)6-7-11(9)12/h3-8,15H,2H2,1H3,(H,14,16). The van der Waals surface area contributed by atoms with Gasteiger partial charge in [-0.25, -0.2) is 0 Å². The highest BCUT2D eigenvalue weighted by atomic mass is 16.3. The SMILES string of the molecule is CCC(=O)Nc1cccc2cc(O)ccc12. The number of phenols is 1. The Hall–Kier alpha value is -2.03. The summed E-state index contributed by atoms with van der Waals surface area (Å²) >= 11 is 0. The molecule has 1 amide bonds. The molecular weight excluding hydrogens is 202 g/mol. The van der Waals surface area contributed by atoms with Gasteiger partial charge in [-0.05, 0) is 29.7 Å². The number of benzene rings is 2. The van der Waals surface area contributed by atoms with E-state index in [1.54, 1.807) is 18.2 Å². The molecule has 3 heteroatoms. The highest BCUT2D eigenvalue weighted by Crippen LogP contribution is 2.26. The van der Waals surface area contributed by atoms with Gasteiger partial charge in [-0.1, -0.05) is 19.1 Å². The Morgan fingerprint density at radius 3 is 2.88 bits per heavy atom. The first-order chi connectivity index (χ1) is 7.70. The summed E-state index contributed by atoms with van der Waals surface area (Å²) < 4.78 is 0. The molecule has 82 valence electrons. The van der Waals surface area contributed by atoms with Crippen LogP contribution in [0.25, 0.3) is 10.8 Å². The van der Waals surface area contributed by atoms with E-state index in [1.807, 2.05) is 25.1 Å². The van der Waals surface area contributed by atoms with Crippen LogP contribution in [0, 0.1) is 0 Å². The Bertz CT molecular complexity index is 534. The number of hydrogen-bond donors (Lipinski definition) is 2. The van der Waals surface area contributed by atoms with Gasteiger partial charge in [0.2, 0.25) is 5.91 Å². The van der Waals surface area contributed by atoms with Crippen LogP contribution >= 0.6 is 0 Å². The lowest BCUT2D eigenvalue weighted by Gasteiger charge is -2.07. The molecule has 0 atom stereocenters. The Kier molecular flexibility index (Phi) is 2.77. The predicted octanol–water partition coefficient (Wildman–Crippen LogP) is 2.89. The summed E-state index contributed by atoms with van der Waals surface area (Å²) in [5.41, 5.74) is 0.782. The third-order valence-electron chi connectivity index (χ3n) is 2.46. The zero-order valence-electron chi connectivity index (χ0n) is 9.03. The molecule has 0 radical (unpaired) electrons. The van der Waals surface area contributed by atoms with E-state index >= 15 is 0 Å². The van der Waals surface area contributed by atoms with Gasteiger partial charge in [0, 0.05) is 17.5 Å². The molecule has 2 N–H and O–H groups in total. The Morgan fingerprint density at radius 2 is 2.12 bits per heavy atom. The van der Waals surface area contributed by atoms with Crippen LogP contribution < -0.4 is 5.32 Å². The average Bonchev–Trinajstić information content (AvgIpc) is 2.28. The summed E-state index contributed by atoms with van der Waals surface area (Å²) in [6, 6.07) is 10.7. The third-order valence-corrected chi connectivity index (χ3v) is 2.46. The van der Waals surface area contributed by atoms with Crippen LogP contribution in [0.2, 0.25) is 0 Å². The van der Waals surface area contributed by atoms with Gasteiger partial charge >= 0.3 is 0 Å². The number of nitrogens with one attached hydrogen (secondary N) is 1. The van der Waals surface area contributed by atoms with Crippen molar-refractivity contribution in [3.05, 3.63) is 36.4 Å². The lowest BCUT2D eigenvalue weighted by Crippen LogP contribution is -2.09. The first-order valence-electron chi connectivity index (χ1n) is 5.22. The number of hydrogen-bond acceptors (Lipinski definition) is 2. The first kappa shape index (κ1) is 10.5. The Balaban J connectivity index is 2.49. The van der Waals surface area contributed by atoms with E-state index in [0.717, 1.165) is 16.5 Å². The molecule has 0 saturated heterocycles. The third kappa shape index (κ3) is 1.98. The summed E-state index contributed by atoms with van der Waals surface area (Å²) in [7, 11) is 0. The van der Waals surface area contributed by atoms with Crippen LogP contribution in [0.1, 0.15) is 13.3 Å². The molecule has 2 aromatic rings. The van der Waals surface area contributed by atoms with E-state index in [-0.39, 0.29) is 11.7 Å². The minimum Gasteiger partial charge on any atom is -0.508 e. The van der Waals surface area contributed by atoms with Gasteiger partial charge in [0.1, 0.15) is 5.75 Å². The van der Waals surface area contributed by atoms with Crippen molar-refractivity contribution in [2.24, 2.45) is 0 Å². The minimum atomic E-state index is -0.0134. The molecule has 3 nitrogen and oxygen atoms in total. The summed E-state index contributed by atoms with van der Waals surface area (Å²) in [6.45, 7) is 1.81. The van der Waals surface area contributed by atoms with Crippen molar-refractivity contribution in [2.75, 3.05) is 5.32 Å². The summed E-state index contributed by atoms with van der Waals surface area (Å²) in [4.78, 5) is 11.3. The number of carbonyl (C=O) groups is 1. The molecule has 0 fully saturated rings. The second-order valence-electron chi connectivity index (χ2n) is 3.61. The fourth-order valence-electron chi connectivity index (χ4n) is 1.62. The molecule has 16 heavy (non-hydrogen) atoms. The minimum absolute atomic E-state index is 0.0134. The number of carbonyl (C=O) groups excluding carboxylic acids is 1. The molecule has 0 unspecified atom stereocenters. The van der Waals surface area contributed by atoms with Crippen molar-refractivity contribution < 1.29 is 9.90 Å². The Labute approximate surface area is 93.7 Å². The summed E-state index contributed by atoms with van der Waals surface area (Å²) in [6.07, 6.45) is 0.453. The number of anilines is 1. The number of rotatable bonds is 2. The zero-order chi connectivity index (χ0) is 11.5. The van der Waals surface area contributed by atoms with Crippen molar-refractivity contribution in [2.45, 2.75) is 13.3 Å². The highest BCUT2D eigenvalue weighted by molar-refractivity contribution is 6.02. The van der Waals surface area contributed by atoms with Gasteiger partial charge < -0.3 is 10.4 Å². The van der Waals surface area contributed by atoms with E-state index in [9.17, 15) is 9.90 Å². The molecule has 0 aliphatic carbocycles. The molecule has 0 aliphatic heterocycles. The maximum absolute atomic E-state index is 11.3. The van der Waals surface area contributed by atoms with Gasteiger partial charge in [-0.3, -0.25) is 4.79 Å². The summed E-state index contributed by atoms with van der Waals surface area (Å²) in [5.74, 6) is 0.215. The van der Waals surface area contributed by atoms with E-state index in [0.29, 0.717) is 6.42 Å². The molecule has 0 aliphatic rings. The van der Waals surface area contributed by atoms with Crippen LogP contribution in [0.15, 0.2) is 36.4 Å². The van der Waals surface area contributed by atoms with Crippen molar-refractivity contribution in [3.8, 4) is 5.75 Å². The normalized spacial score (nSPS) is 10.3. The number of fused-ring (bicyclic) bond motifs is 1. The molecular formula is C13H13NO2. The van der Waals surface area contributed by atoms with E-state index in [2.05, 4.69) is 5.32 Å². The number of amides is 1. The van der Waals surface area contributed by atoms with Crippen molar-refractivity contribution >= 4 is 22.4 Å². The fourth-order valence-corrected chi connectivity index (χ4v) is 1.62. The molecule has 2 aromatic carbocycles. The number of phenolic OH excluding ortho intramolecular Hbond substituents is 1. The van der Waals surface area contributed by atoms with Crippen LogP contribution in [0.4, 0.5) is 5.69 Å². The van der Waals surface area contributed by atoms with E-state index < -0.39 is 0 Å². The van der Waals surface area contributed by atoms with Crippen molar-refractivity contribution in [1.29, 1.82) is 0 Å². The van der Waals surface area contributed by atoms with Gasteiger partial charge in [0.05, 0.1) is 0 Å². The second kappa shape index (κ2) is 4.23. The Morgan fingerprint density at radius 1 is 1.31 bits per heavy atom.